The number of piperazine rings is 1. The summed E-state index contributed by atoms with van der Waals surface area (Å²) in [6.07, 6.45) is 4.51. The smallest absolute Gasteiger partial charge is 0.307 e. The van der Waals surface area contributed by atoms with Crippen molar-refractivity contribution in [2.45, 2.75) is 11.3 Å². The molecule has 4 rings (SSSR count). The number of carboxylic acid groups (broad SMARTS) is 1. The van der Waals surface area contributed by atoms with Crippen LogP contribution in [0.2, 0.25) is 0 Å². The number of carbonyl (C=O) groups is 2. The van der Waals surface area contributed by atoms with Crippen LogP contribution in [0.4, 0.5) is 4.39 Å². The molecule has 0 unspecified atom stereocenters. The lowest BCUT2D eigenvalue weighted by atomic mass is 9.82. The van der Waals surface area contributed by atoms with E-state index >= 15 is 0 Å². The number of allylic oxidation sites excluding steroid dienone is 2. The number of fused-ring (bicyclic) bond motifs is 2. The Morgan fingerprint density at radius 3 is 2.11 bits per heavy atom. The van der Waals surface area contributed by atoms with E-state index in [1.54, 1.807) is 4.90 Å². The SMILES string of the molecule is O=C(O)[C@H]1[C@@H](C(=O)N2CCN(S(=O)(=O)c3ccc(F)cc3)CC2)[C@H]2C=C[C@@H]1C2. The molecule has 1 N–H and O–H groups in total. The third-order valence-electron chi connectivity index (χ3n) is 6.03. The minimum Gasteiger partial charge on any atom is -0.481 e. The lowest BCUT2D eigenvalue weighted by Crippen LogP contribution is -2.53. The topological polar surface area (TPSA) is 95.0 Å². The molecular formula is C19H21FN2O5S. The van der Waals surface area contributed by atoms with Crippen molar-refractivity contribution in [2.24, 2.45) is 23.7 Å². The lowest BCUT2D eigenvalue weighted by molar-refractivity contribution is -0.151. The van der Waals surface area contributed by atoms with Gasteiger partial charge in [-0.25, -0.2) is 12.8 Å². The molecule has 1 aromatic carbocycles. The number of rotatable bonds is 4. The predicted octanol–water partition coefficient (Wildman–Crippen LogP) is 1.18. The number of sulfonamides is 1. The van der Waals surface area contributed by atoms with Crippen molar-refractivity contribution in [2.75, 3.05) is 26.2 Å². The number of carboxylic acids is 1. The summed E-state index contributed by atoms with van der Waals surface area (Å²) in [5.74, 6) is -3.11. The Labute approximate surface area is 162 Å². The van der Waals surface area contributed by atoms with Gasteiger partial charge in [-0.3, -0.25) is 9.59 Å². The van der Waals surface area contributed by atoms with Crippen molar-refractivity contribution >= 4 is 21.9 Å². The summed E-state index contributed by atoms with van der Waals surface area (Å²) in [4.78, 5) is 26.2. The molecule has 3 aliphatic rings. The summed E-state index contributed by atoms with van der Waals surface area (Å²) in [6, 6.07) is 4.64. The molecule has 7 nitrogen and oxygen atoms in total. The number of aliphatic carboxylic acids is 1. The van der Waals surface area contributed by atoms with Gasteiger partial charge >= 0.3 is 5.97 Å². The molecule has 1 aromatic rings. The van der Waals surface area contributed by atoms with E-state index in [-0.39, 0.29) is 48.8 Å². The maximum Gasteiger partial charge on any atom is 0.307 e. The molecule has 0 aromatic heterocycles. The summed E-state index contributed by atoms with van der Waals surface area (Å²) < 4.78 is 39.7. The van der Waals surface area contributed by atoms with E-state index in [2.05, 4.69) is 0 Å². The number of carbonyl (C=O) groups excluding carboxylic acids is 1. The molecule has 2 fully saturated rings. The Hall–Kier alpha value is -2.26. The molecule has 1 aliphatic heterocycles. The second-order valence-electron chi connectivity index (χ2n) is 7.52. The molecule has 1 saturated heterocycles. The van der Waals surface area contributed by atoms with Crippen molar-refractivity contribution < 1.29 is 27.5 Å². The van der Waals surface area contributed by atoms with Gasteiger partial charge in [-0.2, -0.15) is 4.31 Å². The Kier molecular flexibility index (Phi) is 4.75. The van der Waals surface area contributed by atoms with Crippen molar-refractivity contribution in [1.29, 1.82) is 0 Å². The zero-order valence-electron chi connectivity index (χ0n) is 15.1. The third kappa shape index (κ3) is 3.12. The fourth-order valence-corrected chi connectivity index (χ4v) is 6.03. The molecule has 0 spiro atoms. The van der Waals surface area contributed by atoms with Gasteiger partial charge in [0.15, 0.2) is 0 Å². The number of halogens is 1. The van der Waals surface area contributed by atoms with Crippen LogP contribution < -0.4 is 0 Å². The first-order chi connectivity index (χ1) is 13.3. The van der Waals surface area contributed by atoms with Crippen molar-refractivity contribution in [1.82, 2.24) is 9.21 Å². The Morgan fingerprint density at radius 2 is 1.54 bits per heavy atom. The van der Waals surface area contributed by atoms with Gasteiger partial charge in [-0.05, 0) is 42.5 Å². The fourth-order valence-electron chi connectivity index (χ4n) is 4.61. The van der Waals surface area contributed by atoms with E-state index in [1.165, 1.54) is 16.4 Å². The first-order valence-corrected chi connectivity index (χ1v) is 10.7. The van der Waals surface area contributed by atoms with Crippen LogP contribution in [0.25, 0.3) is 0 Å². The minimum atomic E-state index is -3.76. The van der Waals surface area contributed by atoms with Gasteiger partial charge in [-0.1, -0.05) is 12.2 Å². The highest BCUT2D eigenvalue weighted by atomic mass is 32.2. The maximum atomic E-state index is 13.1. The van der Waals surface area contributed by atoms with Crippen LogP contribution in [0.1, 0.15) is 6.42 Å². The molecule has 1 saturated carbocycles. The van der Waals surface area contributed by atoms with Gasteiger partial charge in [0.1, 0.15) is 5.82 Å². The van der Waals surface area contributed by atoms with Crippen molar-refractivity contribution in [3.8, 4) is 0 Å². The van der Waals surface area contributed by atoms with E-state index < -0.39 is 33.6 Å². The molecule has 1 amide bonds. The normalized spacial score (nSPS) is 30.0. The highest BCUT2D eigenvalue weighted by Gasteiger charge is 2.52. The maximum absolute atomic E-state index is 13.1. The first kappa shape index (κ1) is 19.1. The first-order valence-electron chi connectivity index (χ1n) is 9.24. The second-order valence-corrected chi connectivity index (χ2v) is 9.46. The van der Waals surface area contributed by atoms with Crippen LogP contribution in [0, 0.1) is 29.5 Å². The molecule has 1 heterocycles. The Bertz CT molecular complexity index is 922. The molecule has 2 bridgehead atoms. The number of nitrogens with zero attached hydrogens (tertiary/aromatic N) is 2. The van der Waals surface area contributed by atoms with E-state index in [9.17, 15) is 27.5 Å². The van der Waals surface area contributed by atoms with Crippen LogP contribution in [0.3, 0.4) is 0 Å². The van der Waals surface area contributed by atoms with Crippen LogP contribution in [-0.2, 0) is 19.6 Å². The number of hydrogen-bond donors (Lipinski definition) is 1. The van der Waals surface area contributed by atoms with Gasteiger partial charge in [0.2, 0.25) is 15.9 Å². The lowest BCUT2D eigenvalue weighted by Gasteiger charge is -2.37. The quantitative estimate of drug-likeness (QED) is 0.755. The standard InChI is InChI=1S/C19H21FN2O5S/c20-14-3-5-15(6-4-14)28(26,27)22-9-7-21(8-10-22)18(23)16-12-1-2-13(11-12)17(16)19(24)25/h1-6,12-13,16-17H,7-11H2,(H,24,25)/t12-,13+,16-,17+/m0/s1. The predicted molar refractivity (Wildman–Crippen MR) is 97.1 cm³/mol. The van der Waals surface area contributed by atoms with Crippen molar-refractivity contribution in [3.05, 3.63) is 42.2 Å². The summed E-state index contributed by atoms with van der Waals surface area (Å²) in [7, 11) is -3.76. The molecule has 0 radical (unpaired) electrons. The van der Waals surface area contributed by atoms with Gasteiger partial charge < -0.3 is 10.0 Å². The van der Waals surface area contributed by atoms with E-state index in [1.807, 2.05) is 12.2 Å². The summed E-state index contributed by atoms with van der Waals surface area (Å²) in [5, 5.41) is 9.53. The summed E-state index contributed by atoms with van der Waals surface area (Å²) in [6.45, 7) is 0.673. The summed E-state index contributed by atoms with van der Waals surface area (Å²) in [5.41, 5.74) is 0. The van der Waals surface area contributed by atoms with Gasteiger partial charge in [0, 0.05) is 26.2 Å². The van der Waals surface area contributed by atoms with E-state index in [0.717, 1.165) is 12.1 Å². The zero-order chi connectivity index (χ0) is 20.1. The molecule has 28 heavy (non-hydrogen) atoms. The van der Waals surface area contributed by atoms with Gasteiger partial charge in [0.05, 0.1) is 16.7 Å². The van der Waals surface area contributed by atoms with Crippen LogP contribution in [-0.4, -0.2) is 60.8 Å². The average Bonchev–Trinajstić information content (AvgIpc) is 3.29. The highest BCUT2D eigenvalue weighted by molar-refractivity contribution is 7.89. The van der Waals surface area contributed by atoms with Crippen LogP contribution >= 0.6 is 0 Å². The van der Waals surface area contributed by atoms with Gasteiger partial charge in [0.25, 0.3) is 0 Å². The highest BCUT2D eigenvalue weighted by Crippen LogP contribution is 2.48. The fraction of sp³-hybridized carbons (Fsp3) is 0.474. The molecule has 4 atom stereocenters. The molecule has 2 aliphatic carbocycles. The molecule has 150 valence electrons. The van der Waals surface area contributed by atoms with Crippen LogP contribution in [0.15, 0.2) is 41.3 Å². The molecular weight excluding hydrogens is 387 g/mol. The van der Waals surface area contributed by atoms with E-state index in [4.69, 9.17) is 0 Å². The Morgan fingerprint density at radius 1 is 0.964 bits per heavy atom. The monoisotopic (exact) mass is 408 g/mol. The number of benzene rings is 1. The molecule has 9 heteroatoms. The largest absolute Gasteiger partial charge is 0.481 e. The van der Waals surface area contributed by atoms with Gasteiger partial charge in [-0.15, -0.1) is 0 Å². The third-order valence-corrected chi connectivity index (χ3v) is 7.94. The minimum absolute atomic E-state index is 0.0119. The zero-order valence-corrected chi connectivity index (χ0v) is 15.9. The average molecular weight is 408 g/mol. The number of hydrogen-bond acceptors (Lipinski definition) is 4. The summed E-state index contributed by atoms with van der Waals surface area (Å²) >= 11 is 0. The van der Waals surface area contributed by atoms with E-state index in [0.29, 0.717) is 6.42 Å². The second kappa shape index (κ2) is 6.97. The van der Waals surface area contributed by atoms with Crippen LogP contribution in [0.5, 0.6) is 0 Å². The number of amides is 1. The van der Waals surface area contributed by atoms with Crippen molar-refractivity contribution in [3.63, 3.8) is 0 Å². The Balaban J connectivity index is 1.44.